The first-order chi connectivity index (χ1) is 21.6. The molecular weight excluding hydrogens is 544 g/mol. The first kappa shape index (κ1) is 42.7. The van der Waals surface area contributed by atoms with Crippen LogP contribution in [-0.4, -0.2) is 23.1 Å². The van der Waals surface area contributed by atoms with E-state index in [1.807, 2.05) is 0 Å². The minimum Gasteiger partial charge on any atom is -0.481 e. The van der Waals surface area contributed by atoms with E-state index in [2.05, 4.69) is 26.0 Å². The molecule has 0 aromatic carbocycles. The van der Waals surface area contributed by atoms with Crippen LogP contribution < -0.4 is 0 Å². The van der Waals surface area contributed by atoms with Crippen LogP contribution in [-0.2, 0) is 14.3 Å². The number of carbonyl (C=O) groups is 2. The minimum absolute atomic E-state index is 0.0653. The number of unbranched alkanes of at least 4 members (excludes halogenated alkanes) is 27. The van der Waals surface area contributed by atoms with Gasteiger partial charge in [-0.3, -0.25) is 9.59 Å². The van der Waals surface area contributed by atoms with Gasteiger partial charge in [0.2, 0.25) is 0 Å². The second-order valence-corrected chi connectivity index (χ2v) is 13.5. The molecule has 0 spiro atoms. The lowest BCUT2D eigenvalue weighted by Gasteiger charge is -2.15. The molecule has 0 rings (SSSR count). The Labute approximate surface area is 275 Å². The number of ether oxygens (including phenoxy) is 1. The third kappa shape index (κ3) is 35.2. The van der Waals surface area contributed by atoms with Crippen LogP contribution in [0.1, 0.15) is 226 Å². The number of esters is 1. The summed E-state index contributed by atoms with van der Waals surface area (Å²) < 4.78 is 5.81. The highest BCUT2D eigenvalue weighted by Crippen LogP contribution is 2.17. The lowest BCUT2D eigenvalue weighted by atomic mass is 10.0. The van der Waals surface area contributed by atoms with Gasteiger partial charge in [0.05, 0.1) is 0 Å². The summed E-state index contributed by atoms with van der Waals surface area (Å²) >= 11 is 0. The van der Waals surface area contributed by atoms with Crippen molar-refractivity contribution in [3.63, 3.8) is 0 Å². The maximum atomic E-state index is 12.4. The van der Waals surface area contributed by atoms with Crippen molar-refractivity contribution in [1.82, 2.24) is 0 Å². The number of carboxylic acids is 1. The Kier molecular flexibility index (Phi) is 35.1. The van der Waals surface area contributed by atoms with Crippen molar-refractivity contribution in [2.75, 3.05) is 0 Å². The van der Waals surface area contributed by atoms with Gasteiger partial charge in [0.25, 0.3) is 0 Å². The molecule has 0 fully saturated rings. The van der Waals surface area contributed by atoms with E-state index in [1.54, 1.807) is 0 Å². The van der Waals surface area contributed by atoms with Gasteiger partial charge in [-0.25, -0.2) is 0 Å². The van der Waals surface area contributed by atoms with E-state index in [4.69, 9.17) is 9.84 Å². The van der Waals surface area contributed by atoms with Crippen LogP contribution >= 0.6 is 0 Å². The number of rotatable bonds is 36. The predicted molar refractivity (Wildman–Crippen MR) is 190 cm³/mol. The van der Waals surface area contributed by atoms with E-state index >= 15 is 0 Å². The molecule has 260 valence electrons. The van der Waals surface area contributed by atoms with Crippen molar-refractivity contribution in [3.05, 3.63) is 12.2 Å². The van der Waals surface area contributed by atoms with E-state index < -0.39 is 5.97 Å². The zero-order valence-corrected chi connectivity index (χ0v) is 29.7. The van der Waals surface area contributed by atoms with Crippen LogP contribution in [0.2, 0.25) is 0 Å². The van der Waals surface area contributed by atoms with Crippen LogP contribution in [0.3, 0.4) is 0 Å². The molecule has 0 aromatic heterocycles. The normalized spacial score (nSPS) is 12.2. The predicted octanol–water partition coefficient (Wildman–Crippen LogP) is 13.5. The molecule has 0 aliphatic heterocycles. The third-order valence-corrected chi connectivity index (χ3v) is 8.97. The summed E-state index contributed by atoms with van der Waals surface area (Å²) in [6.07, 6.45) is 44.3. The molecule has 0 aromatic rings. The lowest BCUT2D eigenvalue weighted by Crippen LogP contribution is -2.16. The van der Waals surface area contributed by atoms with E-state index in [-0.39, 0.29) is 18.5 Å². The highest BCUT2D eigenvalue weighted by Gasteiger charge is 2.11. The summed E-state index contributed by atoms with van der Waals surface area (Å²) in [6.45, 7) is 4.48. The number of hydrogen-bond acceptors (Lipinski definition) is 3. The molecule has 0 aliphatic rings. The highest BCUT2D eigenvalue weighted by molar-refractivity contribution is 5.69. The average Bonchev–Trinajstić information content (AvgIpc) is 3.01. The largest absolute Gasteiger partial charge is 0.481 e. The Bertz CT molecular complexity index is 629. The molecule has 1 unspecified atom stereocenters. The van der Waals surface area contributed by atoms with Crippen LogP contribution in [0.4, 0.5) is 0 Å². The number of aliphatic carboxylic acids is 1. The molecule has 0 aliphatic carbocycles. The smallest absolute Gasteiger partial charge is 0.306 e. The fourth-order valence-electron chi connectivity index (χ4n) is 6.02. The summed E-state index contributed by atoms with van der Waals surface area (Å²) in [6, 6.07) is 0. The van der Waals surface area contributed by atoms with E-state index in [0.717, 1.165) is 64.2 Å². The Balaban J connectivity index is 3.57. The average molecular weight is 621 g/mol. The van der Waals surface area contributed by atoms with Crippen molar-refractivity contribution in [2.45, 2.75) is 232 Å². The Morgan fingerprint density at radius 1 is 0.500 bits per heavy atom. The van der Waals surface area contributed by atoms with Crippen molar-refractivity contribution in [2.24, 2.45) is 0 Å². The standard InChI is InChI=1S/C40H76O4/c1-3-5-7-9-10-11-12-13-14-15-16-17-18-19-20-21-22-23-24-25-26-27-33-37-40(43)44-38(34-30-8-6-4-2)35-31-28-29-32-36-39(41)42/h30,34,38H,3-29,31-33,35-37H2,1-2H3,(H,41,42)/b34-30-. The van der Waals surface area contributed by atoms with Gasteiger partial charge in [-0.2, -0.15) is 0 Å². The van der Waals surface area contributed by atoms with Gasteiger partial charge in [0, 0.05) is 12.8 Å². The molecular formula is C40H76O4. The van der Waals surface area contributed by atoms with E-state index in [9.17, 15) is 9.59 Å². The van der Waals surface area contributed by atoms with Crippen molar-refractivity contribution in [1.29, 1.82) is 0 Å². The van der Waals surface area contributed by atoms with Gasteiger partial charge in [-0.05, 0) is 38.2 Å². The van der Waals surface area contributed by atoms with Crippen LogP contribution in [0, 0.1) is 0 Å². The van der Waals surface area contributed by atoms with Crippen LogP contribution in [0.15, 0.2) is 12.2 Å². The Hall–Kier alpha value is -1.32. The molecule has 0 heterocycles. The molecule has 1 atom stereocenters. The molecule has 0 radical (unpaired) electrons. The van der Waals surface area contributed by atoms with Crippen LogP contribution in [0.25, 0.3) is 0 Å². The molecule has 4 nitrogen and oxygen atoms in total. The maximum Gasteiger partial charge on any atom is 0.306 e. The third-order valence-electron chi connectivity index (χ3n) is 8.97. The number of carbonyl (C=O) groups excluding carboxylic acids is 1. The SMILES string of the molecule is CCCC/C=C\C(CCCCCCC(=O)O)OC(=O)CCCCCCCCCCCCCCCCCCCCCCCCC. The van der Waals surface area contributed by atoms with Crippen molar-refractivity contribution in [3.8, 4) is 0 Å². The molecule has 1 N–H and O–H groups in total. The molecule has 0 saturated carbocycles. The van der Waals surface area contributed by atoms with Gasteiger partial charge in [0.1, 0.15) is 6.10 Å². The monoisotopic (exact) mass is 621 g/mol. The van der Waals surface area contributed by atoms with E-state index in [1.165, 1.54) is 135 Å². The summed E-state index contributed by atoms with van der Waals surface area (Å²) in [7, 11) is 0. The van der Waals surface area contributed by atoms with Gasteiger partial charge < -0.3 is 9.84 Å². The second kappa shape index (κ2) is 36.2. The quantitative estimate of drug-likeness (QED) is 0.0430. The van der Waals surface area contributed by atoms with Gasteiger partial charge in [-0.1, -0.05) is 187 Å². The Morgan fingerprint density at radius 2 is 0.864 bits per heavy atom. The van der Waals surface area contributed by atoms with Gasteiger partial charge in [0.15, 0.2) is 0 Å². The minimum atomic E-state index is -0.721. The van der Waals surface area contributed by atoms with Crippen LogP contribution in [0.5, 0.6) is 0 Å². The molecule has 4 heteroatoms. The Morgan fingerprint density at radius 3 is 1.27 bits per heavy atom. The summed E-state index contributed by atoms with van der Waals surface area (Å²) in [5.74, 6) is -0.786. The highest BCUT2D eigenvalue weighted by atomic mass is 16.5. The van der Waals surface area contributed by atoms with Crippen molar-refractivity contribution < 1.29 is 19.4 Å². The van der Waals surface area contributed by atoms with E-state index in [0.29, 0.717) is 6.42 Å². The summed E-state index contributed by atoms with van der Waals surface area (Å²) in [5, 5.41) is 8.77. The number of allylic oxidation sites excluding steroid dienone is 1. The first-order valence-electron chi connectivity index (χ1n) is 19.7. The molecule has 0 bridgehead atoms. The molecule has 44 heavy (non-hydrogen) atoms. The summed E-state index contributed by atoms with van der Waals surface area (Å²) in [5.41, 5.74) is 0. The zero-order chi connectivity index (χ0) is 32.2. The van der Waals surface area contributed by atoms with Gasteiger partial charge in [-0.15, -0.1) is 0 Å². The summed E-state index contributed by atoms with van der Waals surface area (Å²) in [4.78, 5) is 23.1. The fraction of sp³-hybridized carbons (Fsp3) is 0.900. The second-order valence-electron chi connectivity index (χ2n) is 13.5. The maximum absolute atomic E-state index is 12.4. The lowest BCUT2D eigenvalue weighted by molar-refractivity contribution is -0.147. The van der Waals surface area contributed by atoms with Gasteiger partial charge >= 0.3 is 11.9 Å². The fourth-order valence-corrected chi connectivity index (χ4v) is 6.02. The zero-order valence-electron chi connectivity index (χ0n) is 29.7. The number of carboxylic acid groups (broad SMARTS) is 1. The molecule has 0 saturated heterocycles. The topological polar surface area (TPSA) is 63.6 Å². The number of hydrogen-bond donors (Lipinski definition) is 1. The van der Waals surface area contributed by atoms with Crippen molar-refractivity contribution >= 4 is 11.9 Å². The first-order valence-corrected chi connectivity index (χ1v) is 19.7. The molecule has 0 amide bonds.